The predicted molar refractivity (Wildman–Crippen MR) is 543 cm³/mol. The van der Waals surface area contributed by atoms with Gasteiger partial charge < -0.3 is 77.6 Å². The summed E-state index contributed by atoms with van der Waals surface area (Å²) in [5, 5.41) is 46.9. The molecule has 4 bridgehead atoms. The van der Waals surface area contributed by atoms with Crippen LogP contribution < -0.4 is 0 Å². The molecule has 6 aliphatic heterocycles. The summed E-state index contributed by atoms with van der Waals surface area (Å²) in [7, 11) is 6.45. The fraction of sp³-hybridized carbons (Fsp3) is 0.766. The molecule has 27 nitrogen and oxygen atoms in total. The van der Waals surface area contributed by atoms with Gasteiger partial charge in [-0.1, -0.05) is 202 Å². The second-order valence-corrected chi connectivity index (χ2v) is 43.2. The van der Waals surface area contributed by atoms with Crippen LogP contribution in [0.5, 0.6) is 0 Å². The Balaban J connectivity index is 0.000000557. The van der Waals surface area contributed by atoms with Crippen LogP contribution in [0.25, 0.3) is 0 Å². The number of carbonyl (C=O) groups is 10. The average molecular weight is 1980 g/mol. The lowest BCUT2D eigenvalue weighted by Gasteiger charge is -2.42. The highest BCUT2D eigenvalue weighted by atomic mass is 31.1. The minimum atomic E-state index is -2.42. The molecule has 0 aromatic carbocycles. The van der Waals surface area contributed by atoms with Crippen molar-refractivity contribution in [2.24, 2.45) is 76.9 Å². The topological polar surface area (TPSA) is 367 Å². The largest absolute Gasteiger partial charge is 0.460 e. The van der Waals surface area contributed by atoms with E-state index < -0.39 is 163 Å². The van der Waals surface area contributed by atoms with Crippen molar-refractivity contribution in [3.8, 4) is 0 Å². The van der Waals surface area contributed by atoms with E-state index in [1.165, 1.54) is 30.4 Å². The van der Waals surface area contributed by atoms with Crippen molar-refractivity contribution in [3.63, 3.8) is 0 Å². The number of esters is 2. The van der Waals surface area contributed by atoms with Gasteiger partial charge >= 0.3 is 19.7 Å². The summed E-state index contributed by atoms with van der Waals surface area (Å²) >= 11 is 0. The van der Waals surface area contributed by atoms with Crippen molar-refractivity contribution in [2.45, 2.75) is 403 Å². The SMILES string of the molecule is C.C.CCC.COC1C[C@H](C[C@@H](C)[C@@H]2CC(=O)[C@H](C)/C=C(\C)[C@@H](O)[C@@H](OC)C(=O)[C@H](C)C[C@H](C)/C=C/C=C/C=C(\C)[C@@H](OC)C[C@@H]3CC[C@@H](C)[C@@](O)(O3)C(=O)C(=O)N3CCCCC3C(=O)O2)CCC1C.CO[C@H]1C[C@@H]2CC[C@@H](C)[C@@](O)(O2)C(=O)C(=O)N2CCCCC2C(=O)O[C@H]([C@H](C)C[C@@H]2CCCC(OCCC[P+](C)=O)C2)CC(=O)[C@H](C)/C=C(\C)[C@@H](O)[C@@H](OC)C(=O)[C@H](C)C[C@H](C)/C=C/C=CC=C1C. The van der Waals surface area contributed by atoms with Crippen LogP contribution in [0.15, 0.2) is 95.2 Å². The summed E-state index contributed by atoms with van der Waals surface area (Å²) in [5.74, 6) is -14.8. The predicted octanol–water partition coefficient (Wildman–Crippen LogP) is 18.6. The Kier molecular flexibility index (Phi) is 55.3. The quantitative estimate of drug-likeness (QED) is 0.0366. The first-order valence-corrected chi connectivity index (χ1v) is 53.2. The molecule has 2 amide bonds. The Morgan fingerprint density at radius 3 is 1.28 bits per heavy atom. The van der Waals surface area contributed by atoms with Gasteiger partial charge in [-0.15, -0.1) is 0 Å². The number of ketones is 6. The first-order valence-electron chi connectivity index (χ1n) is 51.3. The summed E-state index contributed by atoms with van der Waals surface area (Å²) in [6.45, 7) is 34.5. The monoisotopic (exact) mass is 1970 g/mol. The zero-order valence-electron chi connectivity index (χ0n) is 87.1. The number of allylic oxidation sites excluding steroid dienone is 12. The van der Waals surface area contributed by atoms with Crippen LogP contribution in [0, 0.1) is 76.9 Å². The molecule has 4 saturated heterocycles. The molecule has 8 rings (SSSR count). The van der Waals surface area contributed by atoms with Crippen molar-refractivity contribution >= 4 is 66.3 Å². The van der Waals surface area contributed by atoms with Gasteiger partial charge in [0.2, 0.25) is 11.6 Å². The van der Waals surface area contributed by atoms with Crippen molar-refractivity contribution in [1.29, 1.82) is 0 Å². The summed E-state index contributed by atoms with van der Waals surface area (Å²) in [6.07, 6.45) is 30.4. The number of hydrogen-bond donors (Lipinski definition) is 4. The molecule has 4 N–H and O–H groups in total. The standard InChI is InChI=1S/C54H85NO13P.C52H81NO12.C3H8.2CH4/c1-34-18-12-11-13-19-35(2)46(64-8)32-43-24-23-40(7)54(62,68-43)51(59)52(60)55-25-15-14-22-44(55)53(61)67-47(37(4)30-41-20-16-21-42(31-41)66-26-17-27-69(10)63)33-45(56)36(3)29-39(6)49(58)50(65-9)48(57)38(5)28-34;1-31-17-13-12-14-18-32(2)44(62-10)29-40-23-21-38(8)52(60,65-40)49(57)50(58)53-24-16-15-19-41(53)51(59)64-45(35(5)27-39-22-20-33(3)43(28-39)61-9)30-42(54)34(4)26-37(7)47(56)48(63-11)46(55)36(6)25-31;1-3-2;;/h11-13,18-19,29,34,36-38,40-44,46-47,49-50,58,62H,14-17,20-28,30-33H2,1-10H3;12-14,17-18,26,31,33-36,38-41,43-45,47-48,56,60H,15-16,19-25,27-30H2,1-11H3;3H2,1-2H3;2*1H4/q+1;;;;/b13-11?,18-12+,35-19?,39-29+;14-12+,17-13+,32-18+,37-26+;;;/t34-,36-,37-,38-,40-,41+,42?,43+,44?,46+,47+,49-,50+,54-;31-,33?,34-,35-,36-,38-,39+,40+,41?,43?,44+,45+,47-,48+,52-;;;/m11.../s1. The lowest BCUT2D eigenvalue weighted by atomic mass is 9.76. The number of amides is 2. The van der Waals surface area contributed by atoms with E-state index in [0.717, 1.165) is 62.5 Å². The number of ether oxygens (including phenoxy) is 10. The smallest absolute Gasteiger partial charge is 0.335 e. The number of fused-ring (bicyclic) bond motifs is 6. The molecule has 2 aliphatic carbocycles. The fourth-order valence-electron chi connectivity index (χ4n) is 21.0. The molecule has 28 heteroatoms. The molecule has 2 saturated carbocycles. The third kappa shape index (κ3) is 37.2. The van der Waals surface area contributed by atoms with Crippen molar-refractivity contribution < 1.29 is 120 Å². The number of aliphatic hydroxyl groups is 4. The van der Waals surface area contributed by atoms with Crippen molar-refractivity contribution in [2.75, 3.05) is 68.1 Å². The maximum Gasteiger partial charge on any atom is 0.335 e. The Bertz CT molecular complexity index is 4170. The zero-order valence-corrected chi connectivity index (χ0v) is 88.0. The first kappa shape index (κ1) is 125. The molecule has 0 radical (unpaired) electrons. The van der Waals surface area contributed by atoms with Gasteiger partial charge in [-0.25, -0.2) is 9.59 Å². The van der Waals surface area contributed by atoms with Gasteiger partial charge in [-0.3, -0.25) is 38.4 Å². The lowest BCUT2D eigenvalue weighted by Crippen LogP contribution is -2.61. The highest BCUT2D eigenvalue weighted by Gasteiger charge is 2.56. The average Bonchev–Trinajstić information content (AvgIpc) is 0.774. The minimum Gasteiger partial charge on any atom is -0.460 e. The number of Topliss-reactive ketones (excluding diaryl/α,β-unsaturated/α-hetero) is 6. The molecule has 30 atom stereocenters. The molecule has 0 spiro atoms. The normalized spacial score (nSPS) is 37.2. The Morgan fingerprint density at radius 2 is 0.892 bits per heavy atom. The van der Waals surface area contributed by atoms with Crippen molar-refractivity contribution in [3.05, 3.63) is 95.2 Å². The summed E-state index contributed by atoms with van der Waals surface area (Å²) in [4.78, 5) is 144. The van der Waals surface area contributed by atoms with Crippen LogP contribution in [-0.2, 0) is 99.9 Å². The number of aliphatic hydroxyl groups excluding tert-OH is 2. The van der Waals surface area contributed by atoms with Crippen molar-refractivity contribution in [1.82, 2.24) is 9.80 Å². The lowest BCUT2D eigenvalue weighted by molar-refractivity contribution is -0.265. The van der Waals surface area contributed by atoms with Crippen LogP contribution in [0.3, 0.4) is 0 Å². The van der Waals surface area contributed by atoms with Gasteiger partial charge in [0.1, 0.15) is 73.1 Å². The molecular weight excluding hydrogens is 1790 g/mol. The molecule has 0 aromatic heterocycles. The van der Waals surface area contributed by atoms with Crippen LogP contribution in [0.2, 0.25) is 0 Å². The van der Waals surface area contributed by atoms with Crippen LogP contribution in [0.4, 0.5) is 0 Å². The number of piperidine rings is 2. The van der Waals surface area contributed by atoms with Gasteiger partial charge in [0, 0.05) is 116 Å². The first-order chi connectivity index (χ1) is 64.9. The Morgan fingerprint density at radius 1 is 0.482 bits per heavy atom. The minimum absolute atomic E-state index is 0. The van der Waals surface area contributed by atoms with Gasteiger partial charge in [0.25, 0.3) is 23.4 Å². The van der Waals surface area contributed by atoms with E-state index in [2.05, 4.69) is 20.8 Å². The Hall–Kier alpha value is -6.56. The number of methoxy groups -OCH3 is 5. The summed E-state index contributed by atoms with van der Waals surface area (Å²) < 4.78 is 71.5. The third-order valence-electron chi connectivity index (χ3n) is 29.9. The van der Waals surface area contributed by atoms with E-state index >= 15 is 0 Å². The van der Waals surface area contributed by atoms with E-state index in [4.69, 9.17) is 47.4 Å². The molecule has 790 valence electrons. The molecule has 8 aliphatic rings. The molecule has 139 heavy (non-hydrogen) atoms. The van der Waals surface area contributed by atoms with Gasteiger partial charge in [-0.05, 0) is 213 Å². The van der Waals surface area contributed by atoms with Crippen LogP contribution in [-0.4, -0.2) is 254 Å². The highest BCUT2D eigenvalue weighted by molar-refractivity contribution is 7.43. The number of nitrogens with zero attached hydrogens (tertiary/aromatic N) is 2. The van der Waals surface area contributed by atoms with E-state index in [9.17, 15) is 72.9 Å². The van der Waals surface area contributed by atoms with Gasteiger partial charge in [0.15, 0.2) is 11.6 Å². The molecule has 6 fully saturated rings. The molecule has 6 unspecified atom stereocenters. The van der Waals surface area contributed by atoms with Crippen LogP contribution in [0.1, 0.15) is 306 Å². The second-order valence-electron chi connectivity index (χ2n) is 41.5. The highest BCUT2D eigenvalue weighted by Crippen LogP contribution is 2.43. The maximum atomic E-state index is 14.5. The fourth-order valence-corrected chi connectivity index (χ4v) is 21.5. The van der Waals surface area contributed by atoms with E-state index in [0.29, 0.717) is 120 Å². The number of cyclic esters (lactones) is 2. The van der Waals surface area contributed by atoms with E-state index in [-0.39, 0.29) is 124 Å². The summed E-state index contributed by atoms with van der Waals surface area (Å²) in [5.41, 5.74) is 2.58. The zero-order chi connectivity index (χ0) is 102. The van der Waals surface area contributed by atoms with Gasteiger partial charge in [0.05, 0.1) is 43.2 Å². The number of hydrogen-bond acceptors (Lipinski definition) is 25. The Labute approximate surface area is 834 Å². The molecule has 6 heterocycles. The van der Waals surface area contributed by atoms with E-state index in [1.807, 2.05) is 116 Å². The van der Waals surface area contributed by atoms with Crippen LogP contribution >= 0.6 is 7.80 Å². The maximum absolute atomic E-state index is 14.5. The third-order valence-corrected chi connectivity index (χ3v) is 30.8. The van der Waals surface area contributed by atoms with Gasteiger partial charge in [-0.2, -0.15) is 0 Å². The summed E-state index contributed by atoms with van der Waals surface area (Å²) in [6, 6.07) is -2.23. The second kappa shape index (κ2) is 61.7. The number of carbonyl (C=O) groups excluding carboxylic acids is 10. The molecular formula is C111H182N2O25P+. The molecule has 0 aromatic rings. The van der Waals surface area contributed by atoms with E-state index in [1.54, 1.807) is 81.7 Å². The number of rotatable bonds is 16.